The van der Waals surface area contributed by atoms with E-state index in [0.29, 0.717) is 19.6 Å². The van der Waals surface area contributed by atoms with Crippen LogP contribution in [0.4, 0.5) is 0 Å². The largest absolute Gasteiger partial charge is 0.395 e. The molecular formula is C30H37N3O4S. The molecule has 7 nitrogen and oxygen atoms in total. The topological polar surface area (TPSA) is 81.2 Å². The molecule has 0 radical (unpaired) electrons. The molecule has 5 aliphatic rings. The summed E-state index contributed by atoms with van der Waals surface area (Å²) in [5, 5.41) is 9.92. The number of aliphatic hydroxyl groups is 1. The lowest BCUT2D eigenvalue weighted by atomic mass is 9.74. The lowest BCUT2D eigenvalue weighted by Crippen LogP contribution is -2.56. The Hall–Kier alpha value is -2.58. The zero-order valence-electron chi connectivity index (χ0n) is 22.0. The molecule has 1 aromatic carbocycles. The highest BCUT2D eigenvalue weighted by atomic mass is 32.2. The number of rotatable bonds is 5. The fraction of sp³-hybridized carbons (Fsp3) is 0.567. The van der Waals surface area contributed by atoms with E-state index in [9.17, 15) is 19.5 Å². The summed E-state index contributed by atoms with van der Waals surface area (Å²) in [5.41, 5.74) is 1.04. The zero-order valence-corrected chi connectivity index (χ0v) is 22.8. The van der Waals surface area contributed by atoms with Gasteiger partial charge in [0.15, 0.2) is 0 Å². The second-order valence-corrected chi connectivity index (χ2v) is 13.3. The van der Waals surface area contributed by atoms with E-state index in [4.69, 9.17) is 0 Å². The van der Waals surface area contributed by atoms with Gasteiger partial charge in [-0.15, -0.1) is 11.8 Å². The number of aliphatic hydroxyl groups excluding tert-OH is 1. The summed E-state index contributed by atoms with van der Waals surface area (Å²) >= 11 is 1.61. The third-order valence-corrected chi connectivity index (χ3v) is 11.0. The molecule has 1 aliphatic carbocycles. The van der Waals surface area contributed by atoms with Gasteiger partial charge >= 0.3 is 0 Å². The van der Waals surface area contributed by atoms with E-state index in [-0.39, 0.29) is 36.9 Å². The third-order valence-electron chi connectivity index (χ3n) is 9.24. The normalized spacial score (nSPS) is 35.3. The lowest BCUT2D eigenvalue weighted by Gasteiger charge is -2.39. The maximum Gasteiger partial charge on any atom is 0.247 e. The molecule has 6 rings (SSSR count). The highest BCUT2D eigenvalue weighted by Gasteiger charge is 2.74. The number of carbonyl (C=O) groups is 3. The van der Waals surface area contributed by atoms with Crippen LogP contribution < -0.4 is 0 Å². The molecule has 8 heteroatoms. The van der Waals surface area contributed by atoms with Crippen LogP contribution >= 0.6 is 11.8 Å². The van der Waals surface area contributed by atoms with Crippen molar-refractivity contribution >= 4 is 29.5 Å². The number of nitrogens with zero attached hydrogens (tertiary/aromatic N) is 3. The Balaban J connectivity index is 1.40. The van der Waals surface area contributed by atoms with Crippen LogP contribution in [0.2, 0.25) is 0 Å². The Morgan fingerprint density at radius 3 is 2.39 bits per heavy atom. The first-order valence-electron chi connectivity index (χ1n) is 14.0. The highest BCUT2D eigenvalue weighted by Crippen LogP contribution is 2.65. The van der Waals surface area contributed by atoms with Gasteiger partial charge in [0.2, 0.25) is 17.7 Å². The molecule has 3 fully saturated rings. The van der Waals surface area contributed by atoms with E-state index in [1.165, 1.54) is 6.42 Å². The van der Waals surface area contributed by atoms with Gasteiger partial charge in [0.25, 0.3) is 0 Å². The number of benzene rings is 1. The van der Waals surface area contributed by atoms with Crippen molar-refractivity contribution in [1.29, 1.82) is 0 Å². The minimum absolute atomic E-state index is 0.0312. The summed E-state index contributed by atoms with van der Waals surface area (Å²) in [6.45, 7) is 3.43. The molecule has 202 valence electrons. The van der Waals surface area contributed by atoms with Crippen LogP contribution in [0.25, 0.3) is 0 Å². The van der Waals surface area contributed by atoms with Crippen LogP contribution in [0.3, 0.4) is 0 Å². The van der Waals surface area contributed by atoms with Gasteiger partial charge in [0.05, 0.1) is 23.2 Å². The molecule has 4 aliphatic heterocycles. The molecule has 4 heterocycles. The number of fused-ring (bicyclic) bond motifs is 2. The van der Waals surface area contributed by atoms with Crippen LogP contribution in [0.1, 0.15) is 44.6 Å². The first-order valence-corrected chi connectivity index (χ1v) is 14.8. The molecule has 5 atom stereocenters. The Labute approximate surface area is 228 Å². The fourth-order valence-corrected chi connectivity index (χ4v) is 9.76. The zero-order chi connectivity index (χ0) is 26.5. The maximum atomic E-state index is 14.3. The van der Waals surface area contributed by atoms with E-state index >= 15 is 0 Å². The molecule has 2 saturated heterocycles. The molecule has 38 heavy (non-hydrogen) atoms. The van der Waals surface area contributed by atoms with Gasteiger partial charge in [-0.05, 0) is 25.3 Å². The predicted molar refractivity (Wildman–Crippen MR) is 147 cm³/mol. The van der Waals surface area contributed by atoms with E-state index in [1.54, 1.807) is 16.7 Å². The van der Waals surface area contributed by atoms with Crippen LogP contribution in [0.5, 0.6) is 0 Å². The van der Waals surface area contributed by atoms with Crippen molar-refractivity contribution < 1.29 is 19.5 Å². The number of hydrogen-bond acceptors (Lipinski definition) is 5. The summed E-state index contributed by atoms with van der Waals surface area (Å²) in [6, 6.07) is 9.38. The average Bonchev–Trinajstić information content (AvgIpc) is 3.18. The van der Waals surface area contributed by atoms with Gasteiger partial charge < -0.3 is 19.8 Å². The summed E-state index contributed by atoms with van der Waals surface area (Å²) in [7, 11) is 0. The second kappa shape index (κ2) is 9.87. The highest BCUT2D eigenvalue weighted by molar-refractivity contribution is 8.02. The number of hydrogen-bond donors (Lipinski definition) is 1. The third kappa shape index (κ3) is 3.94. The maximum absolute atomic E-state index is 14.3. The molecule has 1 spiro atoms. The quantitative estimate of drug-likeness (QED) is 0.587. The summed E-state index contributed by atoms with van der Waals surface area (Å²) < 4.78 is -1.46. The second-order valence-electron chi connectivity index (χ2n) is 11.5. The molecule has 1 N–H and O–H groups in total. The number of β-amino-alcohol motifs (C(OH)–C–C–N with tert-alkyl or cyclic N) is 1. The van der Waals surface area contributed by atoms with Crippen molar-refractivity contribution in [2.75, 3.05) is 26.2 Å². The van der Waals surface area contributed by atoms with E-state index in [1.807, 2.05) is 46.2 Å². The van der Waals surface area contributed by atoms with Gasteiger partial charge in [-0.2, -0.15) is 0 Å². The molecule has 1 aromatic rings. The van der Waals surface area contributed by atoms with Gasteiger partial charge in [0, 0.05) is 37.0 Å². The van der Waals surface area contributed by atoms with Crippen molar-refractivity contribution in [2.45, 2.75) is 67.2 Å². The van der Waals surface area contributed by atoms with Crippen molar-refractivity contribution in [1.82, 2.24) is 14.7 Å². The Bertz CT molecular complexity index is 1170. The summed E-state index contributed by atoms with van der Waals surface area (Å²) in [4.78, 5) is 48.2. The minimum atomic E-state index is -0.845. The number of likely N-dealkylation sites (tertiary alicyclic amines) is 1. The minimum Gasteiger partial charge on any atom is -0.395 e. The molecular weight excluding hydrogens is 498 g/mol. The summed E-state index contributed by atoms with van der Waals surface area (Å²) in [6.07, 6.45) is 13.7. The Morgan fingerprint density at radius 2 is 1.66 bits per heavy atom. The van der Waals surface area contributed by atoms with E-state index < -0.39 is 27.4 Å². The smallest absolute Gasteiger partial charge is 0.247 e. The van der Waals surface area contributed by atoms with Crippen LogP contribution in [-0.2, 0) is 20.9 Å². The lowest BCUT2D eigenvalue weighted by molar-refractivity contribution is -0.146. The van der Waals surface area contributed by atoms with Crippen molar-refractivity contribution in [2.24, 2.45) is 11.8 Å². The standard InChI is InChI=1S/C30H37N3O4S/c1-29-14-8-16-31(20-21-10-4-2-5-11-21)26(35)23(29)24-27(36)33(18-19-34)25-28(37)32(22-12-6-3-7-13-22)17-9-15-30(24,25)38-29/h2,4-5,8-11,14-15,22-25,34H,3,6-7,12-13,16-20H2,1H3/t23-,24-,25?,29+,30-/m0/s1. The monoisotopic (exact) mass is 535 g/mol. The van der Waals surface area contributed by atoms with Gasteiger partial charge in [-0.3, -0.25) is 14.4 Å². The SMILES string of the molecule is C[C@@]12C=CCN(Cc3ccccc3)C(=O)[C@@H]1[C@H]1C(=O)N(CCO)C3C(=O)N(C4CCCCC4)CC=C[C@@]31S2. The average molecular weight is 536 g/mol. The van der Waals surface area contributed by atoms with Crippen LogP contribution in [0.15, 0.2) is 54.6 Å². The number of amides is 3. The van der Waals surface area contributed by atoms with E-state index in [0.717, 1.165) is 31.2 Å². The molecule has 1 saturated carbocycles. The van der Waals surface area contributed by atoms with Crippen molar-refractivity contribution in [3.63, 3.8) is 0 Å². The van der Waals surface area contributed by atoms with Gasteiger partial charge in [-0.25, -0.2) is 0 Å². The van der Waals surface area contributed by atoms with Crippen LogP contribution in [-0.4, -0.2) is 85.3 Å². The summed E-state index contributed by atoms with van der Waals surface area (Å²) in [5.74, 6) is -1.50. The van der Waals surface area contributed by atoms with Crippen molar-refractivity contribution in [3.8, 4) is 0 Å². The Morgan fingerprint density at radius 1 is 0.921 bits per heavy atom. The van der Waals surface area contributed by atoms with Gasteiger partial charge in [0.1, 0.15) is 6.04 Å². The fourth-order valence-electron chi connectivity index (χ4n) is 7.60. The van der Waals surface area contributed by atoms with Crippen LogP contribution in [0, 0.1) is 11.8 Å². The molecule has 3 amide bonds. The number of carbonyl (C=O) groups excluding carboxylic acids is 3. The molecule has 0 bridgehead atoms. The first kappa shape index (κ1) is 25.7. The molecule has 0 aromatic heterocycles. The first-order chi connectivity index (χ1) is 18.4. The molecule has 1 unspecified atom stereocenters. The Kier molecular flexibility index (Phi) is 6.67. The number of thioether (sulfide) groups is 1. The van der Waals surface area contributed by atoms with E-state index in [2.05, 4.69) is 25.2 Å². The predicted octanol–water partition coefficient (Wildman–Crippen LogP) is 3.00. The van der Waals surface area contributed by atoms with Gasteiger partial charge in [-0.1, -0.05) is 73.9 Å². The van der Waals surface area contributed by atoms with Crippen molar-refractivity contribution in [3.05, 3.63) is 60.2 Å².